The van der Waals surface area contributed by atoms with Gasteiger partial charge >= 0.3 is 0 Å². The topological polar surface area (TPSA) is 83.0 Å². The molecular formula is C21H20N4O2S. The number of primary amides is 1. The van der Waals surface area contributed by atoms with Crippen molar-refractivity contribution in [2.45, 2.75) is 13.3 Å². The van der Waals surface area contributed by atoms with Crippen LogP contribution in [0.2, 0.25) is 0 Å². The quantitative estimate of drug-likeness (QED) is 0.561. The van der Waals surface area contributed by atoms with Gasteiger partial charge in [-0.2, -0.15) is 0 Å². The van der Waals surface area contributed by atoms with Crippen molar-refractivity contribution in [2.75, 3.05) is 7.11 Å². The van der Waals surface area contributed by atoms with E-state index in [1.807, 2.05) is 36.1 Å². The lowest BCUT2D eigenvalue weighted by atomic mass is 10.0. The minimum atomic E-state index is -0.440. The molecule has 0 radical (unpaired) electrons. The van der Waals surface area contributed by atoms with Crippen molar-refractivity contribution in [2.24, 2.45) is 12.8 Å². The lowest BCUT2D eigenvalue weighted by Crippen LogP contribution is -2.13. The van der Waals surface area contributed by atoms with Crippen LogP contribution in [-0.4, -0.2) is 27.6 Å². The van der Waals surface area contributed by atoms with Gasteiger partial charge in [-0.3, -0.25) is 4.79 Å². The predicted octanol–water partition coefficient (Wildman–Crippen LogP) is 3.70. The number of imidazole rings is 1. The second-order valence-corrected chi connectivity index (χ2v) is 7.65. The van der Waals surface area contributed by atoms with Crippen LogP contribution >= 0.6 is 11.3 Å². The van der Waals surface area contributed by atoms with Crippen LogP contribution in [0.3, 0.4) is 0 Å². The molecular weight excluding hydrogens is 372 g/mol. The van der Waals surface area contributed by atoms with Gasteiger partial charge in [0.1, 0.15) is 5.75 Å². The summed E-state index contributed by atoms with van der Waals surface area (Å²) in [5.74, 6) is 0.291. The number of benzene rings is 2. The van der Waals surface area contributed by atoms with E-state index in [0.29, 0.717) is 12.0 Å². The molecule has 2 heterocycles. The van der Waals surface area contributed by atoms with Gasteiger partial charge in [-0.25, -0.2) is 9.97 Å². The number of thiazole rings is 1. The first-order chi connectivity index (χ1) is 13.5. The maximum atomic E-state index is 11.7. The summed E-state index contributed by atoms with van der Waals surface area (Å²) < 4.78 is 7.48. The van der Waals surface area contributed by atoms with Gasteiger partial charge in [0.2, 0.25) is 5.91 Å². The van der Waals surface area contributed by atoms with Crippen molar-refractivity contribution in [1.82, 2.24) is 14.5 Å². The van der Waals surface area contributed by atoms with Crippen LogP contribution in [0.5, 0.6) is 5.75 Å². The number of rotatable bonds is 5. The van der Waals surface area contributed by atoms with E-state index < -0.39 is 5.91 Å². The summed E-state index contributed by atoms with van der Waals surface area (Å²) in [6.07, 6.45) is 2.38. The number of nitrogens with two attached hydrogens (primary N) is 1. The largest absolute Gasteiger partial charge is 0.496 e. The summed E-state index contributed by atoms with van der Waals surface area (Å²) in [6.45, 7) is 1.85. The fourth-order valence-corrected chi connectivity index (χ4v) is 4.13. The van der Waals surface area contributed by atoms with Crippen LogP contribution < -0.4 is 10.5 Å². The van der Waals surface area contributed by atoms with Gasteiger partial charge in [0.25, 0.3) is 0 Å². The van der Waals surface area contributed by atoms with Crippen LogP contribution in [0.1, 0.15) is 26.5 Å². The van der Waals surface area contributed by atoms with Gasteiger partial charge in [-0.15, -0.1) is 11.3 Å². The molecule has 0 saturated carbocycles. The maximum Gasteiger partial charge on any atom is 0.248 e. The number of amides is 1. The summed E-state index contributed by atoms with van der Waals surface area (Å²) in [7, 11) is 3.60. The highest BCUT2D eigenvalue weighted by Crippen LogP contribution is 2.29. The molecule has 28 heavy (non-hydrogen) atoms. The molecule has 7 heteroatoms. The van der Waals surface area contributed by atoms with Crippen LogP contribution in [0.4, 0.5) is 0 Å². The lowest BCUT2D eigenvalue weighted by Gasteiger charge is -2.11. The molecule has 0 atom stereocenters. The number of nitrogens with zero attached hydrogens (tertiary/aromatic N) is 3. The zero-order valence-corrected chi connectivity index (χ0v) is 16.7. The Morgan fingerprint density at radius 2 is 2.11 bits per heavy atom. The standard InChI is InChI=1S/C21H20N4O2S/c1-12-6-19(27-3)14(7-15(12)21(22)26)9-20-24-17(10-28-20)13-4-5-18-16(8-13)23-11-25(18)2/h4-8,10-11H,9H2,1-3H3,(H2,22,26). The van der Waals surface area contributed by atoms with Crippen molar-refractivity contribution >= 4 is 28.3 Å². The van der Waals surface area contributed by atoms with E-state index >= 15 is 0 Å². The van der Waals surface area contributed by atoms with E-state index in [9.17, 15) is 4.79 Å². The molecule has 2 N–H and O–H groups in total. The summed E-state index contributed by atoms with van der Waals surface area (Å²) in [5, 5.41) is 2.98. The fraction of sp³-hybridized carbons (Fsp3) is 0.190. The third-order valence-corrected chi connectivity index (χ3v) is 5.66. The molecule has 0 aliphatic heterocycles. The summed E-state index contributed by atoms with van der Waals surface area (Å²) in [4.78, 5) is 20.9. The van der Waals surface area contributed by atoms with E-state index in [2.05, 4.69) is 17.1 Å². The number of aryl methyl sites for hydroxylation is 2. The Bertz CT molecular complexity index is 1190. The molecule has 2 aromatic carbocycles. The van der Waals surface area contributed by atoms with Crippen molar-refractivity contribution in [3.63, 3.8) is 0 Å². The number of aromatic nitrogens is 3. The van der Waals surface area contributed by atoms with Gasteiger partial charge in [-0.05, 0) is 36.8 Å². The molecule has 2 aromatic heterocycles. The molecule has 0 unspecified atom stereocenters. The number of fused-ring (bicyclic) bond motifs is 1. The van der Waals surface area contributed by atoms with Crippen molar-refractivity contribution < 1.29 is 9.53 Å². The first-order valence-corrected chi connectivity index (χ1v) is 9.67. The van der Waals surface area contributed by atoms with Gasteiger partial charge in [-0.1, -0.05) is 6.07 Å². The van der Waals surface area contributed by atoms with E-state index in [-0.39, 0.29) is 0 Å². The molecule has 6 nitrogen and oxygen atoms in total. The Morgan fingerprint density at radius 1 is 1.29 bits per heavy atom. The molecule has 0 bridgehead atoms. The highest BCUT2D eigenvalue weighted by Gasteiger charge is 2.14. The molecule has 0 spiro atoms. The summed E-state index contributed by atoms with van der Waals surface area (Å²) in [5.41, 5.74) is 11.7. The Labute approximate surface area is 166 Å². The van der Waals surface area contributed by atoms with Gasteiger partial charge in [0.05, 0.1) is 35.2 Å². The van der Waals surface area contributed by atoms with Crippen LogP contribution in [0.15, 0.2) is 42.0 Å². The van der Waals surface area contributed by atoms with E-state index in [1.54, 1.807) is 30.8 Å². The molecule has 0 aliphatic rings. The highest BCUT2D eigenvalue weighted by atomic mass is 32.1. The average Bonchev–Trinajstić information content (AvgIpc) is 3.29. The number of carbonyl (C=O) groups is 1. The van der Waals surface area contributed by atoms with Crippen molar-refractivity contribution in [3.8, 4) is 17.0 Å². The molecule has 4 rings (SSSR count). The molecule has 0 saturated heterocycles. The second kappa shape index (κ2) is 7.09. The van der Waals surface area contributed by atoms with Gasteiger partial charge in [0, 0.05) is 35.5 Å². The molecule has 0 fully saturated rings. The minimum Gasteiger partial charge on any atom is -0.496 e. The van der Waals surface area contributed by atoms with Crippen molar-refractivity contribution in [3.05, 3.63) is 63.7 Å². The van der Waals surface area contributed by atoms with Crippen LogP contribution in [-0.2, 0) is 13.5 Å². The average molecular weight is 392 g/mol. The number of hydrogen-bond acceptors (Lipinski definition) is 5. The van der Waals surface area contributed by atoms with E-state index in [0.717, 1.165) is 44.2 Å². The zero-order valence-electron chi connectivity index (χ0n) is 15.9. The SMILES string of the molecule is COc1cc(C)c(C(N)=O)cc1Cc1nc(-c2ccc3c(c2)ncn3C)cs1. The summed E-state index contributed by atoms with van der Waals surface area (Å²) in [6, 6.07) is 9.81. The Hall–Kier alpha value is -3.19. The van der Waals surface area contributed by atoms with Gasteiger partial charge in [0.15, 0.2) is 0 Å². The lowest BCUT2D eigenvalue weighted by molar-refractivity contribution is 0.0999. The Balaban J connectivity index is 1.66. The van der Waals surface area contributed by atoms with Crippen molar-refractivity contribution in [1.29, 1.82) is 0 Å². The van der Waals surface area contributed by atoms with Gasteiger partial charge < -0.3 is 15.0 Å². The molecule has 0 aliphatic carbocycles. The predicted molar refractivity (Wildman–Crippen MR) is 111 cm³/mol. The normalized spacial score (nSPS) is 11.1. The molecule has 1 amide bonds. The maximum absolute atomic E-state index is 11.7. The summed E-state index contributed by atoms with van der Waals surface area (Å²) >= 11 is 1.58. The third kappa shape index (κ3) is 3.25. The first-order valence-electron chi connectivity index (χ1n) is 8.79. The fourth-order valence-electron chi connectivity index (χ4n) is 3.30. The Morgan fingerprint density at radius 3 is 2.86 bits per heavy atom. The third-order valence-electron chi connectivity index (χ3n) is 4.81. The number of methoxy groups -OCH3 is 1. The Kier molecular flexibility index (Phi) is 4.60. The molecule has 142 valence electrons. The van der Waals surface area contributed by atoms with Crippen LogP contribution in [0.25, 0.3) is 22.3 Å². The monoisotopic (exact) mass is 392 g/mol. The number of ether oxygens (including phenoxy) is 1. The smallest absolute Gasteiger partial charge is 0.248 e. The number of carbonyl (C=O) groups excluding carboxylic acids is 1. The van der Waals surface area contributed by atoms with E-state index in [1.165, 1.54) is 0 Å². The second-order valence-electron chi connectivity index (χ2n) is 6.71. The zero-order chi connectivity index (χ0) is 19.8. The highest BCUT2D eigenvalue weighted by molar-refractivity contribution is 7.10. The van der Waals surface area contributed by atoms with E-state index in [4.69, 9.17) is 15.5 Å². The first kappa shape index (κ1) is 18.2. The molecule has 4 aromatic rings. The number of hydrogen-bond donors (Lipinski definition) is 1. The minimum absolute atomic E-state index is 0.440. The van der Waals surface area contributed by atoms with Crippen LogP contribution in [0, 0.1) is 6.92 Å².